The number of nitrogens with one attached hydrogen (secondary N) is 1. The van der Waals surface area contributed by atoms with Gasteiger partial charge in [-0.15, -0.1) is 0 Å². The zero-order chi connectivity index (χ0) is 19.2. The Labute approximate surface area is 166 Å². The van der Waals surface area contributed by atoms with Gasteiger partial charge in [-0.2, -0.15) is 0 Å². The number of anilines is 1. The van der Waals surface area contributed by atoms with Gasteiger partial charge in [0.15, 0.2) is 0 Å². The van der Waals surface area contributed by atoms with Gasteiger partial charge in [0.25, 0.3) is 5.91 Å². The minimum Gasteiger partial charge on any atom is -0.379 e. The average molecular weight is 380 g/mol. The third kappa shape index (κ3) is 4.72. The molecule has 0 aromatic heterocycles. The predicted octanol–water partition coefficient (Wildman–Crippen LogP) is 3.39. The molecule has 0 aliphatic carbocycles. The van der Waals surface area contributed by atoms with Gasteiger partial charge in [0.2, 0.25) is 0 Å². The first kappa shape index (κ1) is 19.0. The summed E-state index contributed by atoms with van der Waals surface area (Å²) in [6, 6.07) is 17.9. The van der Waals surface area contributed by atoms with Gasteiger partial charge in [0.1, 0.15) is 0 Å². The molecular formula is C23H28N2O3. The minimum atomic E-state index is -0.136. The Bertz CT molecular complexity index is 757. The quantitative estimate of drug-likeness (QED) is 0.835. The van der Waals surface area contributed by atoms with Crippen molar-refractivity contribution in [3.8, 4) is 0 Å². The molecule has 2 heterocycles. The molecule has 2 aromatic carbocycles. The number of rotatable bonds is 6. The highest BCUT2D eigenvalue weighted by molar-refractivity contribution is 5.94. The van der Waals surface area contributed by atoms with Crippen molar-refractivity contribution in [3.05, 3.63) is 65.7 Å². The second kappa shape index (κ2) is 9.22. The van der Waals surface area contributed by atoms with E-state index in [1.54, 1.807) is 0 Å². The maximum atomic E-state index is 12.7. The standard InChI is InChI=1S/C23H28N2O3/c26-23(19-8-10-20(11-9-19)25-13-4-5-14-25)24-21-17-27-15-12-22(21)28-16-18-6-2-1-3-7-18/h1-3,6-11,21-22H,4-5,12-17H2,(H,24,26)/t21-,22+/m1/s1. The highest BCUT2D eigenvalue weighted by Gasteiger charge is 2.28. The van der Waals surface area contributed by atoms with Gasteiger partial charge >= 0.3 is 0 Å². The Morgan fingerprint density at radius 1 is 1.07 bits per heavy atom. The number of hydrogen-bond acceptors (Lipinski definition) is 4. The van der Waals surface area contributed by atoms with Gasteiger partial charge in [0, 0.05) is 30.9 Å². The van der Waals surface area contributed by atoms with E-state index in [1.807, 2.05) is 42.5 Å². The summed E-state index contributed by atoms with van der Waals surface area (Å²) in [6.45, 7) is 3.90. The Balaban J connectivity index is 1.34. The highest BCUT2D eigenvalue weighted by atomic mass is 16.5. The van der Waals surface area contributed by atoms with Crippen molar-refractivity contribution in [2.45, 2.75) is 38.0 Å². The maximum Gasteiger partial charge on any atom is 0.251 e. The van der Waals surface area contributed by atoms with E-state index in [-0.39, 0.29) is 18.1 Å². The van der Waals surface area contributed by atoms with Gasteiger partial charge < -0.3 is 19.7 Å². The summed E-state index contributed by atoms with van der Waals surface area (Å²) in [5.41, 5.74) is 3.01. The molecule has 2 fully saturated rings. The fraction of sp³-hybridized carbons (Fsp3) is 0.435. The molecule has 0 spiro atoms. The zero-order valence-corrected chi connectivity index (χ0v) is 16.2. The minimum absolute atomic E-state index is 0.0400. The molecule has 5 nitrogen and oxygen atoms in total. The topological polar surface area (TPSA) is 50.8 Å². The summed E-state index contributed by atoms with van der Waals surface area (Å²) < 4.78 is 11.7. The van der Waals surface area contributed by atoms with E-state index in [9.17, 15) is 4.79 Å². The van der Waals surface area contributed by atoms with Gasteiger partial charge in [0.05, 0.1) is 25.4 Å². The first-order valence-corrected chi connectivity index (χ1v) is 10.2. The summed E-state index contributed by atoms with van der Waals surface area (Å²) in [6.07, 6.45) is 3.23. The molecular weight excluding hydrogens is 352 g/mol. The van der Waals surface area contributed by atoms with Crippen molar-refractivity contribution in [2.24, 2.45) is 0 Å². The van der Waals surface area contributed by atoms with Crippen molar-refractivity contribution >= 4 is 11.6 Å². The number of benzene rings is 2. The third-order valence-electron chi connectivity index (χ3n) is 5.52. The first-order valence-electron chi connectivity index (χ1n) is 10.2. The van der Waals surface area contributed by atoms with Crippen molar-refractivity contribution < 1.29 is 14.3 Å². The SMILES string of the molecule is O=C(N[C@@H]1COCC[C@@H]1OCc1ccccc1)c1ccc(N2CCCC2)cc1. The molecule has 1 amide bonds. The van der Waals surface area contributed by atoms with Crippen LogP contribution in [0.5, 0.6) is 0 Å². The lowest BCUT2D eigenvalue weighted by atomic mass is 10.1. The summed E-state index contributed by atoms with van der Waals surface area (Å²) in [4.78, 5) is 15.1. The third-order valence-corrected chi connectivity index (χ3v) is 5.52. The number of carbonyl (C=O) groups excluding carboxylic acids is 1. The largest absolute Gasteiger partial charge is 0.379 e. The van der Waals surface area contributed by atoms with Crippen LogP contribution in [-0.4, -0.2) is 44.4 Å². The van der Waals surface area contributed by atoms with Gasteiger partial charge in [-0.3, -0.25) is 4.79 Å². The molecule has 2 saturated heterocycles. The Kier molecular flexibility index (Phi) is 6.24. The lowest BCUT2D eigenvalue weighted by Crippen LogP contribution is -2.50. The molecule has 148 valence electrons. The predicted molar refractivity (Wildman–Crippen MR) is 110 cm³/mol. The summed E-state index contributed by atoms with van der Waals surface area (Å²) in [5, 5.41) is 3.11. The Morgan fingerprint density at radius 2 is 1.82 bits per heavy atom. The second-order valence-corrected chi connectivity index (χ2v) is 7.52. The van der Waals surface area contributed by atoms with Crippen LogP contribution in [0.4, 0.5) is 5.69 Å². The summed E-state index contributed by atoms with van der Waals surface area (Å²) in [7, 11) is 0. The molecule has 2 aromatic rings. The van der Waals surface area contributed by atoms with E-state index >= 15 is 0 Å². The van der Waals surface area contributed by atoms with Crippen LogP contribution in [0.25, 0.3) is 0 Å². The van der Waals surface area contributed by atoms with E-state index in [0.717, 1.165) is 25.1 Å². The molecule has 0 radical (unpaired) electrons. The Morgan fingerprint density at radius 3 is 2.57 bits per heavy atom. The van der Waals surface area contributed by atoms with Crippen LogP contribution in [0, 0.1) is 0 Å². The van der Waals surface area contributed by atoms with Crippen LogP contribution in [0.1, 0.15) is 35.2 Å². The van der Waals surface area contributed by atoms with Crippen molar-refractivity contribution in [2.75, 3.05) is 31.2 Å². The van der Waals surface area contributed by atoms with E-state index in [0.29, 0.717) is 25.4 Å². The molecule has 2 aliphatic heterocycles. The number of ether oxygens (including phenoxy) is 2. The van der Waals surface area contributed by atoms with Crippen LogP contribution >= 0.6 is 0 Å². The Hall–Kier alpha value is -2.37. The summed E-state index contributed by atoms with van der Waals surface area (Å²) >= 11 is 0. The maximum absolute atomic E-state index is 12.7. The van der Waals surface area contributed by atoms with E-state index in [2.05, 4.69) is 22.3 Å². The number of carbonyl (C=O) groups is 1. The molecule has 4 rings (SSSR count). The van der Waals surface area contributed by atoms with Gasteiger partial charge in [-0.05, 0) is 49.1 Å². The van der Waals surface area contributed by atoms with Crippen molar-refractivity contribution in [1.29, 1.82) is 0 Å². The fourth-order valence-corrected chi connectivity index (χ4v) is 3.88. The van der Waals surface area contributed by atoms with Crippen molar-refractivity contribution in [3.63, 3.8) is 0 Å². The molecule has 0 bridgehead atoms. The highest BCUT2D eigenvalue weighted by Crippen LogP contribution is 2.21. The lowest BCUT2D eigenvalue weighted by Gasteiger charge is -2.32. The second-order valence-electron chi connectivity index (χ2n) is 7.52. The molecule has 5 heteroatoms. The van der Waals surface area contributed by atoms with Crippen LogP contribution in [-0.2, 0) is 16.1 Å². The van der Waals surface area contributed by atoms with Gasteiger partial charge in [-0.25, -0.2) is 0 Å². The van der Waals surface area contributed by atoms with Crippen molar-refractivity contribution in [1.82, 2.24) is 5.32 Å². The van der Waals surface area contributed by atoms with Gasteiger partial charge in [-0.1, -0.05) is 30.3 Å². The van der Waals surface area contributed by atoms with Crippen LogP contribution in [0.3, 0.4) is 0 Å². The molecule has 28 heavy (non-hydrogen) atoms. The van der Waals surface area contributed by atoms with Crippen LogP contribution in [0.15, 0.2) is 54.6 Å². The smallest absolute Gasteiger partial charge is 0.251 e. The van der Waals surface area contributed by atoms with Crippen LogP contribution in [0.2, 0.25) is 0 Å². The monoisotopic (exact) mass is 380 g/mol. The molecule has 2 atom stereocenters. The van der Waals surface area contributed by atoms with Crippen LogP contribution < -0.4 is 10.2 Å². The molecule has 1 N–H and O–H groups in total. The van der Waals surface area contributed by atoms with E-state index < -0.39 is 0 Å². The molecule has 0 unspecified atom stereocenters. The lowest BCUT2D eigenvalue weighted by molar-refractivity contribution is -0.0605. The number of amides is 1. The molecule has 0 saturated carbocycles. The fourth-order valence-electron chi connectivity index (χ4n) is 3.88. The zero-order valence-electron chi connectivity index (χ0n) is 16.2. The normalized spacial score (nSPS) is 22.2. The first-order chi connectivity index (χ1) is 13.8. The van der Waals surface area contributed by atoms with E-state index in [1.165, 1.54) is 18.5 Å². The summed E-state index contributed by atoms with van der Waals surface area (Å²) in [5.74, 6) is -0.0724. The van der Waals surface area contributed by atoms with E-state index in [4.69, 9.17) is 9.47 Å². The average Bonchev–Trinajstić information content (AvgIpc) is 3.29. The molecule has 2 aliphatic rings. The number of nitrogens with zero attached hydrogens (tertiary/aromatic N) is 1. The number of hydrogen-bond donors (Lipinski definition) is 1.